The van der Waals surface area contributed by atoms with Crippen LogP contribution >= 0.6 is 23.2 Å². The molecule has 2 rings (SSSR count). The van der Waals surface area contributed by atoms with Crippen LogP contribution in [0.3, 0.4) is 0 Å². The highest BCUT2D eigenvalue weighted by molar-refractivity contribution is 6.35. The van der Waals surface area contributed by atoms with Gasteiger partial charge in [-0.15, -0.1) is 0 Å². The second kappa shape index (κ2) is 10.1. The highest BCUT2D eigenvalue weighted by Gasteiger charge is 2.06. The molecule has 5 nitrogen and oxygen atoms in total. The molecule has 0 radical (unpaired) electrons. The molecule has 0 aliphatic carbocycles. The monoisotopic (exact) mass is 403 g/mol. The number of alkyl halides is 2. The van der Waals surface area contributed by atoms with Gasteiger partial charge in [-0.2, -0.15) is 8.78 Å². The molecule has 0 aliphatic heterocycles. The number of pyridine rings is 1. The lowest BCUT2D eigenvalue weighted by atomic mass is 10.1. The maximum absolute atomic E-state index is 12.1. The summed E-state index contributed by atoms with van der Waals surface area (Å²) in [5.74, 6) is 0.472. The number of aromatic nitrogens is 1. The second-order valence-corrected chi connectivity index (χ2v) is 6.13. The number of carbonyl (C=O) groups is 1. The first-order valence-electron chi connectivity index (χ1n) is 7.79. The van der Waals surface area contributed by atoms with Gasteiger partial charge in [0.25, 0.3) is 0 Å². The molecule has 0 spiro atoms. The molecule has 140 valence electrons. The molecule has 1 heterocycles. The van der Waals surface area contributed by atoms with Gasteiger partial charge < -0.3 is 15.4 Å². The van der Waals surface area contributed by atoms with Crippen LogP contribution in [0.4, 0.5) is 14.6 Å². The Hall–Kier alpha value is -2.12. The number of hydrogen-bond donors (Lipinski definition) is 2. The second-order valence-electron chi connectivity index (χ2n) is 5.28. The maximum atomic E-state index is 12.1. The van der Waals surface area contributed by atoms with Gasteiger partial charge in [0.05, 0.1) is 10.0 Å². The highest BCUT2D eigenvalue weighted by atomic mass is 35.5. The van der Waals surface area contributed by atoms with Gasteiger partial charge in [0.15, 0.2) is 0 Å². The number of nitrogens with one attached hydrogen (secondary N) is 2. The minimum atomic E-state index is -2.85. The molecule has 0 atom stereocenters. The van der Waals surface area contributed by atoms with Crippen molar-refractivity contribution in [2.75, 3.05) is 18.4 Å². The van der Waals surface area contributed by atoms with E-state index in [1.807, 2.05) is 0 Å². The summed E-state index contributed by atoms with van der Waals surface area (Å²) in [6.45, 7) is -1.99. The lowest BCUT2D eigenvalue weighted by Gasteiger charge is -2.09. The van der Waals surface area contributed by atoms with Gasteiger partial charge in [0.1, 0.15) is 11.6 Å². The fourth-order valence-electron chi connectivity index (χ4n) is 2.11. The van der Waals surface area contributed by atoms with E-state index in [1.165, 1.54) is 18.3 Å². The Morgan fingerprint density at radius 1 is 1.19 bits per heavy atom. The lowest BCUT2D eigenvalue weighted by Crippen LogP contribution is -2.29. The summed E-state index contributed by atoms with van der Waals surface area (Å²) in [4.78, 5) is 15.9. The van der Waals surface area contributed by atoms with Gasteiger partial charge in [-0.1, -0.05) is 35.3 Å². The number of aryl methyl sites for hydroxylation is 1. The quantitative estimate of drug-likeness (QED) is 0.617. The minimum Gasteiger partial charge on any atom is -0.435 e. The third-order valence-electron chi connectivity index (χ3n) is 3.34. The smallest absolute Gasteiger partial charge is 0.387 e. The van der Waals surface area contributed by atoms with E-state index >= 15 is 0 Å². The van der Waals surface area contributed by atoms with Crippen molar-refractivity contribution in [3.05, 3.63) is 52.1 Å². The molecule has 0 unspecified atom stereocenters. The number of ether oxygens (including phenoxy) is 1. The number of halogens is 4. The van der Waals surface area contributed by atoms with Crippen molar-refractivity contribution in [3.63, 3.8) is 0 Å². The van der Waals surface area contributed by atoms with Crippen LogP contribution in [-0.2, 0) is 11.2 Å². The van der Waals surface area contributed by atoms with Gasteiger partial charge in [0.2, 0.25) is 5.91 Å². The summed E-state index contributed by atoms with van der Waals surface area (Å²) in [5.41, 5.74) is 0.858. The van der Waals surface area contributed by atoms with Gasteiger partial charge in [-0.25, -0.2) is 4.98 Å². The van der Waals surface area contributed by atoms with Crippen LogP contribution in [0.5, 0.6) is 5.75 Å². The van der Waals surface area contributed by atoms with E-state index in [0.29, 0.717) is 35.4 Å². The molecule has 0 fully saturated rings. The van der Waals surface area contributed by atoms with Crippen molar-refractivity contribution >= 4 is 34.9 Å². The number of amides is 1. The summed E-state index contributed by atoms with van der Waals surface area (Å²) in [7, 11) is 0. The number of rotatable bonds is 9. The average Bonchev–Trinajstić information content (AvgIpc) is 2.59. The maximum Gasteiger partial charge on any atom is 0.387 e. The fourth-order valence-corrected chi connectivity index (χ4v) is 2.56. The van der Waals surface area contributed by atoms with Crippen molar-refractivity contribution in [2.45, 2.75) is 19.5 Å². The van der Waals surface area contributed by atoms with Crippen LogP contribution in [-0.4, -0.2) is 30.6 Å². The molecule has 2 N–H and O–H groups in total. The Bertz CT molecular complexity index is 730. The van der Waals surface area contributed by atoms with Gasteiger partial charge >= 0.3 is 6.61 Å². The number of nitrogens with zero attached hydrogens (tertiary/aromatic N) is 1. The summed E-state index contributed by atoms with van der Waals surface area (Å²) < 4.78 is 28.4. The van der Waals surface area contributed by atoms with E-state index in [4.69, 9.17) is 23.2 Å². The molecule has 0 saturated heterocycles. The molecule has 26 heavy (non-hydrogen) atoms. The van der Waals surface area contributed by atoms with Gasteiger partial charge in [-0.3, -0.25) is 4.79 Å². The largest absolute Gasteiger partial charge is 0.435 e. The standard InChI is InChI=1S/C17H17Cl2F2N3O2/c18-12-9-14(19)16(24-10-12)23-8-7-22-15(25)6-3-11-1-4-13(5-2-11)26-17(20)21/h1-2,4-5,9-10,17H,3,6-8H2,(H,22,25)(H,23,24). The molecule has 0 saturated carbocycles. The van der Waals surface area contributed by atoms with E-state index in [-0.39, 0.29) is 18.1 Å². The molecule has 0 bridgehead atoms. The van der Waals surface area contributed by atoms with Crippen LogP contribution in [0.2, 0.25) is 10.0 Å². The summed E-state index contributed by atoms with van der Waals surface area (Å²) in [6.07, 6.45) is 2.26. The average molecular weight is 404 g/mol. The summed E-state index contributed by atoms with van der Waals surface area (Å²) >= 11 is 11.7. The first-order chi connectivity index (χ1) is 12.4. The van der Waals surface area contributed by atoms with E-state index in [1.54, 1.807) is 18.2 Å². The van der Waals surface area contributed by atoms with Gasteiger partial charge in [-0.05, 0) is 30.2 Å². The molecular formula is C17H17Cl2F2N3O2. The topological polar surface area (TPSA) is 63.2 Å². The predicted molar refractivity (Wildman–Crippen MR) is 97.2 cm³/mol. The van der Waals surface area contributed by atoms with E-state index in [0.717, 1.165) is 5.56 Å². The number of anilines is 1. The number of carbonyl (C=O) groups excluding carboxylic acids is 1. The summed E-state index contributed by atoms with van der Waals surface area (Å²) in [6, 6.07) is 7.79. The van der Waals surface area contributed by atoms with E-state index < -0.39 is 6.61 Å². The molecule has 1 aromatic carbocycles. The molecule has 1 amide bonds. The number of benzene rings is 1. The zero-order valence-electron chi connectivity index (χ0n) is 13.6. The van der Waals surface area contributed by atoms with Crippen LogP contribution in [0.25, 0.3) is 0 Å². The molecule has 2 aromatic rings. The third kappa shape index (κ3) is 7.01. The molecular weight excluding hydrogens is 387 g/mol. The molecule has 0 aliphatic rings. The normalized spacial score (nSPS) is 10.7. The van der Waals surface area contributed by atoms with Crippen molar-refractivity contribution < 1.29 is 18.3 Å². The van der Waals surface area contributed by atoms with Crippen molar-refractivity contribution in [3.8, 4) is 5.75 Å². The van der Waals surface area contributed by atoms with Crippen LogP contribution in [0.15, 0.2) is 36.5 Å². The molecule has 1 aromatic heterocycles. The number of hydrogen-bond acceptors (Lipinski definition) is 4. The first-order valence-corrected chi connectivity index (χ1v) is 8.55. The Morgan fingerprint density at radius 2 is 1.92 bits per heavy atom. The highest BCUT2D eigenvalue weighted by Crippen LogP contribution is 2.22. The van der Waals surface area contributed by atoms with E-state index in [9.17, 15) is 13.6 Å². The molecule has 9 heteroatoms. The predicted octanol–water partition coefficient (Wildman–Crippen LogP) is 4.15. The third-order valence-corrected chi connectivity index (χ3v) is 3.83. The van der Waals surface area contributed by atoms with E-state index in [2.05, 4.69) is 20.4 Å². The van der Waals surface area contributed by atoms with Gasteiger partial charge in [0, 0.05) is 25.7 Å². The lowest BCUT2D eigenvalue weighted by molar-refractivity contribution is -0.120. The van der Waals surface area contributed by atoms with Crippen LogP contribution < -0.4 is 15.4 Å². The summed E-state index contributed by atoms with van der Waals surface area (Å²) in [5, 5.41) is 6.62. The van der Waals surface area contributed by atoms with Crippen molar-refractivity contribution in [1.82, 2.24) is 10.3 Å². The fraction of sp³-hybridized carbons (Fsp3) is 0.294. The van der Waals surface area contributed by atoms with Crippen LogP contribution in [0, 0.1) is 0 Å². The SMILES string of the molecule is O=C(CCc1ccc(OC(F)F)cc1)NCCNc1ncc(Cl)cc1Cl. The minimum absolute atomic E-state index is 0.0914. The Labute approximate surface area is 159 Å². The van der Waals surface area contributed by atoms with Crippen molar-refractivity contribution in [1.29, 1.82) is 0 Å². The zero-order chi connectivity index (χ0) is 18.9. The Balaban J connectivity index is 1.65. The Morgan fingerprint density at radius 3 is 2.58 bits per heavy atom. The Kier molecular flexibility index (Phi) is 7.87. The zero-order valence-corrected chi connectivity index (χ0v) is 15.2. The van der Waals surface area contributed by atoms with Crippen LogP contribution in [0.1, 0.15) is 12.0 Å². The first kappa shape index (κ1) is 20.2. The van der Waals surface area contributed by atoms with Crippen molar-refractivity contribution in [2.24, 2.45) is 0 Å².